The summed E-state index contributed by atoms with van der Waals surface area (Å²) in [4.78, 5) is 26.3. The van der Waals surface area contributed by atoms with Gasteiger partial charge in [-0.05, 0) is 32.9 Å². The number of ether oxygens (including phenoxy) is 1. The molecule has 0 bridgehead atoms. The first kappa shape index (κ1) is 16.8. The molecule has 1 aliphatic rings. The van der Waals surface area contributed by atoms with Gasteiger partial charge in [-0.15, -0.1) is 11.8 Å². The molecule has 3 atom stereocenters. The molecule has 0 aromatic heterocycles. The highest BCUT2D eigenvalue weighted by Crippen LogP contribution is 2.28. The second kappa shape index (κ2) is 7.15. The van der Waals surface area contributed by atoms with Gasteiger partial charge in [-0.3, -0.25) is 9.59 Å². The summed E-state index contributed by atoms with van der Waals surface area (Å²) in [6.07, 6.45) is 0.0101. The molecule has 5 nitrogen and oxygen atoms in total. The quantitative estimate of drug-likeness (QED) is 0.862. The highest BCUT2D eigenvalue weighted by molar-refractivity contribution is 8.00. The zero-order valence-corrected chi connectivity index (χ0v) is 13.8. The molecule has 1 aromatic rings. The molecule has 120 valence electrons. The fourth-order valence-corrected chi connectivity index (χ4v) is 3.42. The maximum Gasteiger partial charge on any atom is 0.316 e. The molecule has 3 unspecified atom stereocenters. The smallest absolute Gasteiger partial charge is 0.316 e. The summed E-state index contributed by atoms with van der Waals surface area (Å²) in [6.45, 7) is 6.62. The highest BCUT2D eigenvalue weighted by atomic mass is 32.2. The number of hydrogen-bond donors (Lipinski definition) is 1. The number of aliphatic carboxylic acids is 1. The number of nitrogens with zero attached hydrogens (tertiary/aromatic N) is 1. The zero-order valence-electron chi connectivity index (χ0n) is 13.0. The summed E-state index contributed by atoms with van der Waals surface area (Å²) >= 11 is 1.19. The van der Waals surface area contributed by atoms with Gasteiger partial charge in [-0.2, -0.15) is 0 Å². The first-order valence-electron chi connectivity index (χ1n) is 7.31. The van der Waals surface area contributed by atoms with Crippen LogP contribution < -0.4 is 0 Å². The van der Waals surface area contributed by atoms with Crippen molar-refractivity contribution in [3.8, 4) is 0 Å². The Labute approximate surface area is 134 Å². The van der Waals surface area contributed by atoms with Gasteiger partial charge in [0.1, 0.15) is 5.25 Å². The van der Waals surface area contributed by atoms with Crippen LogP contribution >= 0.6 is 11.8 Å². The first-order valence-corrected chi connectivity index (χ1v) is 8.19. The summed E-state index contributed by atoms with van der Waals surface area (Å²) in [5.41, 5.74) is 0.557. The number of carbonyl (C=O) groups is 2. The van der Waals surface area contributed by atoms with Crippen LogP contribution in [0.1, 0.15) is 31.1 Å². The Morgan fingerprint density at radius 3 is 2.45 bits per heavy atom. The number of morpholine rings is 1. The third-order valence-electron chi connectivity index (χ3n) is 3.48. The molecule has 1 heterocycles. The maximum atomic E-state index is 12.8. The van der Waals surface area contributed by atoms with Crippen molar-refractivity contribution in [2.24, 2.45) is 0 Å². The van der Waals surface area contributed by atoms with E-state index < -0.39 is 11.2 Å². The normalized spacial score (nSPS) is 23.1. The van der Waals surface area contributed by atoms with Crippen molar-refractivity contribution >= 4 is 23.6 Å². The van der Waals surface area contributed by atoms with E-state index in [-0.39, 0.29) is 18.1 Å². The van der Waals surface area contributed by atoms with Crippen LogP contribution in [0.2, 0.25) is 0 Å². The van der Waals surface area contributed by atoms with Gasteiger partial charge in [0.2, 0.25) is 0 Å². The lowest BCUT2D eigenvalue weighted by Crippen LogP contribution is -2.48. The van der Waals surface area contributed by atoms with Crippen LogP contribution in [0.4, 0.5) is 0 Å². The Hall–Kier alpha value is -1.53. The molecular formula is C16H21NO4S. The van der Waals surface area contributed by atoms with Crippen molar-refractivity contribution in [2.75, 3.05) is 13.1 Å². The number of benzene rings is 1. The van der Waals surface area contributed by atoms with Crippen LogP contribution in [0.5, 0.6) is 0 Å². The molecule has 1 saturated heterocycles. The Bertz CT molecular complexity index is 553. The Balaban J connectivity index is 2.20. The molecule has 1 aliphatic heterocycles. The van der Waals surface area contributed by atoms with E-state index in [9.17, 15) is 9.59 Å². The van der Waals surface area contributed by atoms with Gasteiger partial charge >= 0.3 is 5.97 Å². The van der Waals surface area contributed by atoms with E-state index >= 15 is 0 Å². The zero-order chi connectivity index (χ0) is 16.3. The van der Waals surface area contributed by atoms with Crippen molar-refractivity contribution in [3.05, 3.63) is 29.8 Å². The van der Waals surface area contributed by atoms with Crippen LogP contribution in [0.15, 0.2) is 29.2 Å². The fraction of sp³-hybridized carbons (Fsp3) is 0.500. The molecule has 0 saturated carbocycles. The topological polar surface area (TPSA) is 66.8 Å². The van der Waals surface area contributed by atoms with Crippen molar-refractivity contribution in [2.45, 2.75) is 43.1 Å². The van der Waals surface area contributed by atoms with Gasteiger partial charge in [0.15, 0.2) is 0 Å². The number of carboxylic acids is 1. The van der Waals surface area contributed by atoms with Gasteiger partial charge in [-0.1, -0.05) is 12.1 Å². The lowest BCUT2D eigenvalue weighted by Gasteiger charge is -2.35. The molecule has 0 spiro atoms. The van der Waals surface area contributed by atoms with Crippen LogP contribution in [-0.4, -0.2) is 52.4 Å². The monoisotopic (exact) mass is 323 g/mol. The summed E-state index contributed by atoms with van der Waals surface area (Å²) in [6, 6.07) is 7.17. The third kappa shape index (κ3) is 4.01. The predicted molar refractivity (Wildman–Crippen MR) is 85.3 cm³/mol. The minimum absolute atomic E-state index is 0.00505. The first-order chi connectivity index (χ1) is 10.4. The molecule has 1 fully saturated rings. The van der Waals surface area contributed by atoms with E-state index in [1.165, 1.54) is 11.8 Å². The standard InChI is InChI=1S/C16H21NO4S/c1-10-8-17(9-11(2)21-10)15(18)13-6-4-5-7-14(13)22-12(3)16(19)20/h4-7,10-12H,8-9H2,1-3H3,(H,19,20). The Kier molecular flexibility index (Phi) is 5.47. The minimum atomic E-state index is -0.888. The van der Waals surface area contributed by atoms with E-state index in [2.05, 4.69) is 0 Å². The number of amides is 1. The van der Waals surface area contributed by atoms with E-state index in [0.29, 0.717) is 23.5 Å². The van der Waals surface area contributed by atoms with Crippen LogP contribution in [0, 0.1) is 0 Å². The van der Waals surface area contributed by atoms with Gasteiger partial charge in [-0.25, -0.2) is 0 Å². The van der Waals surface area contributed by atoms with Crippen molar-refractivity contribution in [1.29, 1.82) is 0 Å². The van der Waals surface area contributed by atoms with E-state index in [0.717, 1.165) is 0 Å². The van der Waals surface area contributed by atoms with Crippen molar-refractivity contribution in [3.63, 3.8) is 0 Å². The average molecular weight is 323 g/mol. The molecule has 2 rings (SSSR count). The SMILES string of the molecule is CC1CN(C(=O)c2ccccc2SC(C)C(=O)O)CC(C)O1. The van der Waals surface area contributed by atoms with Gasteiger partial charge in [0.05, 0.1) is 17.8 Å². The second-order valence-corrected chi connectivity index (χ2v) is 6.94. The Morgan fingerprint density at radius 2 is 1.86 bits per heavy atom. The highest BCUT2D eigenvalue weighted by Gasteiger charge is 2.28. The lowest BCUT2D eigenvalue weighted by atomic mass is 10.1. The van der Waals surface area contributed by atoms with Crippen LogP contribution in [0.3, 0.4) is 0 Å². The largest absolute Gasteiger partial charge is 0.480 e. The predicted octanol–water partition coefficient (Wildman–Crippen LogP) is 2.50. The summed E-state index contributed by atoms with van der Waals surface area (Å²) in [7, 11) is 0. The number of carbonyl (C=O) groups excluding carboxylic acids is 1. The van der Waals surface area contributed by atoms with Crippen molar-refractivity contribution < 1.29 is 19.4 Å². The lowest BCUT2D eigenvalue weighted by molar-refractivity contribution is -0.136. The number of carboxylic acid groups (broad SMARTS) is 1. The van der Waals surface area contributed by atoms with Gasteiger partial charge in [0, 0.05) is 18.0 Å². The van der Waals surface area contributed by atoms with Crippen LogP contribution in [0.25, 0.3) is 0 Å². The van der Waals surface area contributed by atoms with E-state index in [1.54, 1.807) is 30.0 Å². The average Bonchev–Trinajstić information content (AvgIpc) is 2.46. The minimum Gasteiger partial charge on any atom is -0.480 e. The molecule has 1 N–H and O–H groups in total. The third-order valence-corrected chi connectivity index (χ3v) is 4.64. The fourth-order valence-electron chi connectivity index (χ4n) is 2.50. The van der Waals surface area contributed by atoms with Crippen LogP contribution in [-0.2, 0) is 9.53 Å². The molecule has 6 heteroatoms. The molecule has 0 aliphatic carbocycles. The maximum absolute atomic E-state index is 12.8. The molecular weight excluding hydrogens is 302 g/mol. The van der Waals surface area contributed by atoms with E-state index in [1.807, 2.05) is 19.9 Å². The molecule has 22 heavy (non-hydrogen) atoms. The van der Waals surface area contributed by atoms with Gasteiger partial charge in [0.25, 0.3) is 5.91 Å². The summed E-state index contributed by atoms with van der Waals surface area (Å²) in [5.74, 6) is -0.955. The second-order valence-electron chi connectivity index (χ2n) is 5.56. The van der Waals surface area contributed by atoms with Crippen molar-refractivity contribution in [1.82, 2.24) is 4.90 Å². The Morgan fingerprint density at radius 1 is 1.27 bits per heavy atom. The number of rotatable bonds is 4. The molecule has 1 amide bonds. The molecule has 0 radical (unpaired) electrons. The summed E-state index contributed by atoms with van der Waals surface area (Å²) in [5, 5.41) is 8.46. The number of hydrogen-bond acceptors (Lipinski definition) is 4. The number of thioether (sulfide) groups is 1. The van der Waals surface area contributed by atoms with E-state index in [4.69, 9.17) is 9.84 Å². The molecule has 1 aromatic carbocycles. The van der Waals surface area contributed by atoms with Gasteiger partial charge < -0.3 is 14.7 Å². The summed E-state index contributed by atoms with van der Waals surface area (Å²) < 4.78 is 5.65.